The summed E-state index contributed by atoms with van der Waals surface area (Å²) in [7, 11) is 1.69. The van der Waals surface area contributed by atoms with Gasteiger partial charge < -0.3 is 15.2 Å². The zero-order chi connectivity index (χ0) is 17.7. The Morgan fingerprint density at radius 2 is 2.12 bits per heavy atom. The molecular weight excluding hydrogens is 316 g/mol. The molecule has 1 heterocycles. The molecule has 2 unspecified atom stereocenters. The Labute approximate surface area is 150 Å². The van der Waals surface area contributed by atoms with E-state index in [1.165, 1.54) is 5.56 Å². The third kappa shape index (κ3) is 4.40. The van der Waals surface area contributed by atoms with E-state index in [1.807, 2.05) is 18.2 Å². The van der Waals surface area contributed by atoms with Crippen LogP contribution < -0.4 is 5.32 Å². The predicted molar refractivity (Wildman–Crippen MR) is 97.1 cm³/mol. The van der Waals surface area contributed by atoms with Crippen LogP contribution in [0.2, 0.25) is 0 Å². The molecule has 2 aliphatic rings. The van der Waals surface area contributed by atoms with E-state index in [1.54, 1.807) is 7.11 Å². The van der Waals surface area contributed by atoms with Gasteiger partial charge in [0.05, 0.1) is 11.5 Å². The quantitative estimate of drug-likeness (QED) is 0.755. The zero-order valence-electron chi connectivity index (χ0n) is 15.1. The molecule has 0 bridgehead atoms. The van der Waals surface area contributed by atoms with Crippen molar-refractivity contribution in [1.29, 1.82) is 0 Å². The molecule has 5 nitrogen and oxygen atoms in total. The van der Waals surface area contributed by atoms with Gasteiger partial charge in [0.15, 0.2) is 0 Å². The fraction of sp³-hybridized carbons (Fsp3) is 0.650. The number of amides is 1. The highest BCUT2D eigenvalue weighted by Crippen LogP contribution is 2.44. The highest BCUT2D eigenvalue weighted by molar-refractivity contribution is 5.83. The van der Waals surface area contributed by atoms with Crippen molar-refractivity contribution in [1.82, 2.24) is 10.2 Å². The molecule has 5 heteroatoms. The number of carbonyl (C=O) groups excluding carboxylic acids is 1. The maximum Gasteiger partial charge on any atom is 0.226 e. The smallest absolute Gasteiger partial charge is 0.226 e. The number of hydrogen-bond acceptors (Lipinski definition) is 4. The molecule has 3 rings (SSSR count). The lowest BCUT2D eigenvalue weighted by Gasteiger charge is -2.40. The van der Waals surface area contributed by atoms with Crippen molar-refractivity contribution in [3.8, 4) is 0 Å². The van der Waals surface area contributed by atoms with Crippen molar-refractivity contribution in [3.05, 3.63) is 35.9 Å². The molecule has 1 saturated heterocycles. The highest BCUT2D eigenvalue weighted by Gasteiger charge is 2.44. The second kappa shape index (κ2) is 8.30. The van der Waals surface area contributed by atoms with Crippen LogP contribution in [0.4, 0.5) is 0 Å². The number of nitrogens with one attached hydrogen (secondary N) is 1. The van der Waals surface area contributed by atoms with Crippen LogP contribution in [0.1, 0.15) is 37.7 Å². The first kappa shape index (κ1) is 18.4. The van der Waals surface area contributed by atoms with E-state index in [0.29, 0.717) is 19.7 Å². The van der Waals surface area contributed by atoms with Gasteiger partial charge in [0, 0.05) is 39.4 Å². The van der Waals surface area contributed by atoms with Gasteiger partial charge in [-0.05, 0) is 31.2 Å². The molecule has 25 heavy (non-hydrogen) atoms. The molecule has 1 aliphatic carbocycles. The van der Waals surface area contributed by atoms with Gasteiger partial charge in [-0.15, -0.1) is 0 Å². The van der Waals surface area contributed by atoms with Crippen LogP contribution in [0, 0.1) is 5.41 Å². The number of likely N-dealkylation sites (tertiary alicyclic amines) is 1. The molecule has 2 N–H and O–H groups in total. The van der Waals surface area contributed by atoms with Gasteiger partial charge in [-0.1, -0.05) is 36.8 Å². The van der Waals surface area contributed by atoms with E-state index in [2.05, 4.69) is 22.3 Å². The van der Waals surface area contributed by atoms with Gasteiger partial charge in [-0.2, -0.15) is 0 Å². The molecule has 1 aromatic carbocycles. The molecule has 2 fully saturated rings. The topological polar surface area (TPSA) is 61.8 Å². The summed E-state index contributed by atoms with van der Waals surface area (Å²) < 4.78 is 5.18. The summed E-state index contributed by atoms with van der Waals surface area (Å²) in [5.74, 6) is 0.164. The van der Waals surface area contributed by atoms with Crippen molar-refractivity contribution >= 4 is 5.91 Å². The summed E-state index contributed by atoms with van der Waals surface area (Å²) in [5.41, 5.74) is 1.01. The lowest BCUT2D eigenvalue weighted by atomic mass is 9.66. The third-order valence-electron chi connectivity index (χ3n) is 5.81. The normalized spacial score (nSPS) is 25.5. The van der Waals surface area contributed by atoms with Crippen LogP contribution in [0.5, 0.6) is 0 Å². The molecule has 0 aromatic heterocycles. The number of hydrogen-bond donors (Lipinski definition) is 2. The van der Waals surface area contributed by atoms with Gasteiger partial charge in [0.2, 0.25) is 5.91 Å². The second-order valence-corrected chi connectivity index (χ2v) is 7.55. The molecular formula is C20H30N2O3. The molecule has 2 atom stereocenters. The predicted octanol–water partition coefficient (Wildman–Crippen LogP) is 1.94. The lowest BCUT2D eigenvalue weighted by Crippen LogP contribution is -2.49. The van der Waals surface area contributed by atoms with E-state index in [9.17, 15) is 9.90 Å². The minimum Gasteiger partial charge on any atom is -0.392 e. The van der Waals surface area contributed by atoms with Crippen LogP contribution >= 0.6 is 0 Å². The first-order valence-electron chi connectivity index (χ1n) is 9.36. The zero-order valence-corrected chi connectivity index (χ0v) is 15.1. The average Bonchev–Trinajstić information content (AvgIpc) is 2.92. The molecule has 1 aromatic rings. The second-order valence-electron chi connectivity index (χ2n) is 7.55. The number of aliphatic hydroxyl groups is 1. The minimum atomic E-state index is -0.309. The fourth-order valence-corrected chi connectivity index (χ4v) is 4.07. The van der Waals surface area contributed by atoms with Crippen molar-refractivity contribution in [3.63, 3.8) is 0 Å². The van der Waals surface area contributed by atoms with Gasteiger partial charge in [0.25, 0.3) is 0 Å². The van der Waals surface area contributed by atoms with Crippen LogP contribution in [0.15, 0.2) is 30.3 Å². The number of methoxy groups -OCH3 is 1. The van der Waals surface area contributed by atoms with Crippen LogP contribution in [0.3, 0.4) is 0 Å². The lowest BCUT2D eigenvalue weighted by molar-refractivity contribution is -0.137. The maximum atomic E-state index is 12.7. The Morgan fingerprint density at radius 1 is 1.36 bits per heavy atom. The van der Waals surface area contributed by atoms with Crippen molar-refractivity contribution in [2.24, 2.45) is 5.41 Å². The summed E-state index contributed by atoms with van der Waals surface area (Å²) in [6.45, 7) is 2.73. The Hall–Kier alpha value is -1.43. The number of β-amino-alcohol motifs (C(OH)–C–C–N with tert-alkyl or cyclic N) is 1. The van der Waals surface area contributed by atoms with Crippen LogP contribution in [-0.2, 0) is 16.1 Å². The SMILES string of the molecule is COCCC1(C(=O)NCC2CC(O)CN2Cc2ccccc2)CCC1. The summed E-state index contributed by atoms with van der Waals surface area (Å²) in [4.78, 5) is 15.0. The Balaban J connectivity index is 1.54. The number of rotatable bonds is 8. The minimum absolute atomic E-state index is 0.164. The molecule has 0 radical (unpaired) electrons. The van der Waals surface area contributed by atoms with E-state index in [4.69, 9.17) is 4.74 Å². The maximum absolute atomic E-state index is 12.7. The van der Waals surface area contributed by atoms with Crippen molar-refractivity contribution in [2.45, 2.75) is 50.8 Å². The van der Waals surface area contributed by atoms with E-state index in [-0.39, 0.29) is 23.5 Å². The van der Waals surface area contributed by atoms with E-state index in [0.717, 1.165) is 38.6 Å². The third-order valence-corrected chi connectivity index (χ3v) is 5.81. The van der Waals surface area contributed by atoms with Crippen molar-refractivity contribution in [2.75, 3.05) is 26.8 Å². The summed E-state index contributed by atoms with van der Waals surface area (Å²) in [5, 5.41) is 13.2. The van der Waals surface area contributed by atoms with Crippen molar-refractivity contribution < 1.29 is 14.6 Å². The summed E-state index contributed by atoms with van der Waals surface area (Å²) >= 11 is 0. The Morgan fingerprint density at radius 3 is 2.76 bits per heavy atom. The number of aliphatic hydroxyl groups excluding tert-OH is 1. The average molecular weight is 346 g/mol. The van der Waals surface area contributed by atoms with Gasteiger partial charge in [-0.3, -0.25) is 9.69 Å². The Kier molecular flexibility index (Phi) is 6.10. The van der Waals surface area contributed by atoms with Gasteiger partial charge in [-0.25, -0.2) is 0 Å². The van der Waals surface area contributed by atoms with Crippen LogP contribution in [0.25, 0.3) is 0 Å². The Bertz CT molecular complexity index is 559. The fourth-order valence-electron chi connectivity index (χ4n) is 4.07. The number of ether oxygens (including phenoxy) is 1. The van der Waals surface area contributed by atoms with E-state index >= 15 is 0 Å². The molecule has 1 saturated carbocycles. The standard InChI is InChI=1S/C20H30N2O3/c1-25-11-10-20(8-5-9-20)19(24)21-13-17-12-18(23)15-22(17)14-16-6-3-2-4-7-16/h2-4,6-7,17-18,23H,5,8-15H2,1H3,(H,21,24). The van der Waals surface area contributed by atoms with E-state index < -0.39 is 0 Å². The summed E-state index contributed by atoms with van der Waals surface area (Å²) in [6.07, 6.45) is 4.26. The number of benzene rings is 1. The monoisotopic (exact) mass is 346 g/mol. The molecule has 0 spiro atoms. The van der Waals surface area contributed by atoms with Crippen LogP contribution in [-0.4, -0.2) is 54.9 Å². The molecule has 1 amide bonds. The first-order chi connectivity index (χ1) is 12.1. The summed E-state index contributed by atoms with van der Waals surface area (Å²) in [6, 6.07) is 10.5. The number of nitrogens with zero attached hydrogens (tertiary/aromatic N) is 1. The molecule has 138 valence electrons. The first-order valence-corrected chi connectivity index (χ1v) is 9.36. The van der Waals surface area contributed by atoms with Gasteiger partial charge in [0.1, 0.15) is 0 Å². The molecule has 1 aliphatic heterocycles. The van der Waals surface area contributed by atoms with Gasteiger partial charge >= 0.3 is 0 Å². The largest absolute Gasteiger partial charge is 0.392 e. The number of carbonyl (C=O) groups is 1. The highest BCUT2D eigenvalue weighted by atomic mass is 16.5.